The summed E-state index contributed by atoms with van der Waals surface area (Å²) in [4.78, 5) is 29.7. The molecule has 0 aliphatic carbocycles. The van der Waals surface area contributed by atoms with E-state index in [4.69, 9.17) is 0 Å². The molecule has 0 saturated carbocycles. The van der Waals surface area contributed by atoms with Crippen molar-refractivity contribution >= 4 is 17.1 Å². The van der Waals surface area contributed by atoms with Gasteiger partial charge in [0.25, 0.3) is 5.56 Å². The maximum Gasteiger partial charge on any atom is 0.271 e. The molecule has 0 aromatic carbocycles. The molecule has 7 heteroatoms. The van der Waals surface area contributed by atoms with Crippen LogP contribution in [-0.2, 0) is 6.54 Å². The van der Waals surface area contributed by atoms with E-state index in [1.807, 2.05) is 6.07 Å². The first kappa shape index (κ1) is 16.6. The van der Waals surface area contributed by atoms with E-state index in [-0.39, 0.29) is 23.2 Å². The second kappa shape index (κ2) is 6.71. The highest BCUT2D eigenvalue weighted by molar-refractivity contribution is 7.12. The molecule has 3 aromatic rings. The van der Waals surface area contributed by atoms with E-state index in [0.29, 0.717) is 10.4 Å². The first-order valence-corrected chi connectivity index (χ1v) is 8.26. The van der Waals surface area contributed by atoms with Crippen LogP contribution in [-0.4, -0.2) is 20.4 Å². The van der Waals surface area contributed by atoms with Crippen LogP contribution in [0.3, 0.4) is 0 Å². The van der Waals surface area contributed by atoms with Gasteiger partial charge in [0, 0.05) is 12.4 Å². The summed E-state index contributed by atoms with van der Waals surface area (Å²) in [6.45, 7) is 1.51. The van der Waals surface area contributed by atoms with Crippen molar-refractivity contribution in [1.29, 1.82) is 5.26 Å². The van der Waals surface area contributed by atoms with Gasteiger partial charge in [0.15, 0.2) is 0 Å². The molecule has 0 fully saturated rings. The predicted molar refractivity (Wildman–Crippen MR) is 92.9 cm³/mol. The van der Waals surface area contributed by atoms with Crippen molar-refractivity contribution < 1.29 is 9.90 Å². The van der Waals surface area contributed by atoms with Gasteiger partial charge < -0.3 is 5.11 Å². The van der Waals surface area contributed by atoms with Crippen LogP contribution < -0.4 is 5.56 Å². The van der Waals surface area contributed by atoms with Crippen LogP contribution >= 0.6 is 11.3 Å². The Bertz CT molecular complexity index is 1030. The third kappa shape index (κ3) is 2.95. The Hall–Kier alpha value is -3.24. The smallest absolute Gasteiger partial charge is 0.271 e. The molecule has 6 nitrogen and oxygen atoms in total. The molecule has 3 rings (SSSR count). The van der Waals surface area contributed by atoms with E-state index in [2.05, 4.69) is 4.98 Å². The lowest BCUT2D eigenvalue weighted by molar-refractivity contribution is 0.103. The Labute approximate surface area is 147 Å². The van der Waals surface area contributed by atoms with E-state index in [0.717, 1.165) is 4.57 Å². The molecule has 25 heavy (non-hydrogen) atoms. The summed E-state index contributed by atoms with van der Waals surface area (Å²) in [5.41, 5.74) is 0.0428. The molecule has 0 amide bonds. The first-order valence-electron chi connectivity index (χ1n) is 7.38. The second-order valence-electron chi connectivity index (χ2n) is 5.37. The highest BCUT2D eigenvalue weighted by Gasteiger charge is 2.25. The van der Waals surface area contributed by atoms with E-state index in [9.17, 15) is 20.0 Å². The van der Waals surface area contributed by atoms with Crippen LogP contribution in [0.1, 0.15) is 31.9 Å². The highest BCUT2D eigenvalue weighted by atomic mass is 32.1. The normalized spacial score (nSPS) is 10.4. The van der Waals surface area contributed by atoms with Gasteiger partial charge in [0.05, 0.1) is 17.0 Å². The van der Waals surface area contributed by atoms with Gasteiger partial charge in [-0.05, 0) is 35.6 Å². The summed E-state index contributed by atoms with van der Waals surface area (Å²) in [6, 6.07) is 8.65. The maximum absolute atomic E-state index is 12.7. The van der Waals surface area contributed by atoms with Gasteiger partial charge in [0.2, 0.25) is 11.7 Å². The third-order valence-electron chi connectivity index (χ3n) is 3.84. The molecule has 0 atom stereocenters. The summed E-state index contributed by atoms with van der Waals surface area (Å²) in [5, 5.41) is 21.7. The van der Waals surface area contributed by atoms with E-state index >= 15 is 0 Å². The summed E-state index contributed by atoms with van der Waals surface area (Å²) < 4.78 is 1.03. The molecule has 0 bridgehead atoms. The fourth-order valence-electron chi connectivity index (χ4n) is 2.57. The molecule has 0 spiro atoms. The standard InChI is InChI=1S/C18H13N3O3S/c1-11-13(8-19)17(23)21(10-12-4-2-6-20-9-12)18(24)15(11)16(22)14-5-3-7-25-14/h2-7,9,24H,10H2,1H3. The van der Waals surface area contributed by atoms with E-state index < -0.39 is 17.2 Å². The molecule has 0 unspecified atom stereocenters. The zero-order valence-corrected chi connectivity index (χ0v) is 14.1. The number of rotatable bonds is 4. The van der Waals surface area contributed by atoms with Crippen molar-refractivity contribution in [3.63, 3.8) is 0 Å². The number of nitrogens with zero attached hydrogens (tertiary/aromatic N) is 3. The zero-order valence-electron chi connectivity index (χ0n) is 13.3. The van der Waals surface area contributed by atoms with Crippen molar-refractivity contribution in [3.8, 4) is 11.9 Å². The Balaban J connectivity index is 2.23. The SMILES string of the molecule is Cc1c(C(=O)c2cccs2)c(O)n(Cc2cccnc2)c(=O)c1C#N. The quantitative estimate of drug-likeness (QED) is 0.729. The van der Waals surface area contributed by atoms with Crippen LogP contribution in [0.25, 0.3) is 0 Å². The van der Waals surface area contributed by atoms with Gasteiger partial charge in [-0.15, -0.1) is 11.3 Å². The largest absolute Gasteiger partial charge is 0.494 e. The summed E-state index contributed by atoms with van der Waals surface area (Å²) in [7, 11) is 0. The van der Waals surface area contributed by atoms with Crippen LogP contribution in [0.5, 0.6) is 5.88 Å². The van der Waals surface area contributed by atoms with Gasteiger partial charge in [-0.2, -0.15) is 5.26 Å². The predicted octanol–water partition coefficient (Wildman–Crippen LogP) is 2.47. The molecule has 0 saturated heterocycles. The molecule has 3 heterocycles. The number of pyridine rings is 2. The van der Waals surface area contributed by atoms with Crippen molar-refractivity contribution in [2.45, 2.75) is 13.5 Å². The van der Waals surface area contributed by atoms with Crippen LogP contribution in [0.4, 0.5) is 0 Å². The first-order chi connectivity index (χ1) is 12.0. The Morgan fingerprint density at radius 2 is 2.20 bits per heavy atom. The lowest BCUT2D eigenvalue weighted by atomic mass is 10.0. The number of hydrogen-bond donors (Lipinski definition) is 1. The number of aromatic hydroxyl groups is 1. The van der Waals surface area contributed by atoms with Gasteiger partial charge in [-0.1, -0.05) is 12.1 Å². The summed E-state index contributed by atoms with van der Waals surface area (Å²) in [5.74, 6) is -0.856. The highest BCUT2D eigenvalue weighted by Crippen LogP contribution is 2.26. The third-order valence-corrected chi connectivity index (χ3v) is 4.70. The van der Waals surface area contributed by atoms with Crippen LogP contribution in [0.2, 0.25) is 0 Å². The number of carbonyl (C=O) groups excluding carboxylic acids is 1. The Morgan fingerprint density at radius 1 is 1.40 bits per heavy atom. The molecule has 1 N–H and O–H groups in total. The minimum absolute atomic E-state index is 0.0121. The lowest BCUT2D eigenvalue weighted by Gasteiger charge is -2.15. The zero-order chi connectivity index (χ0) is 18.0. The Kier molecular flexibility index (Phi) is 4.46. The number of hydrogen-bond acceptors (Lipinski definition) is 6. The molecule has 0 aliphatic heterocycles. The topological polar surface area (TPSA) is 96.0 Å². The molecule has 3 aromatic heterocycles. The van der Waals surface area contributed by atoms with Crippen LogP contribution in [0.15, 0.2) is 46.8 Å². The van der Waals surface area contributed by atoms with Gasteiger partial charge in [-0.25, -0.2) is 0 Å². The van der Waals surface area contributed by atoms with Crippen molar-refractivity contribution in [2.24, 2.45) is 0 Å². The second-order valence-corrected chi connectivity index (χ2v) is 6.32. The van der Waals surface area contributed by atoms with Crippen molar-refractivity contribution in [3.05, 3.63) is 79.5 Å². The molecule has 0 aliphatic rings. The maximum atomic E-state index is 12.7. The van der Waals surface area contributed by atoms with Crippen molar-refractivity contribution in [1.82, 2.24) is 9.55 Å². The molecular formula is C18H13N3O3S. The number of carbonyl (C=O) groups is 1. The van der Waals surface area contributed by atoms with Gasteiger partial charge in [-0.3, -0.25) is 19.1 Å². The average Bonchev–Trinajstić information content (AvgIpc) is 3.14. The Morgan fingerprint density at radius 3 is 2.80 bits per heavy atom. The number of nitriles is 1. The average molecular weight is 351 g/mol. The number of aromatic nitrogens is 2. The lowest BCUT2D eigenvalue weighted by Crippen LogP contribution is -2.27. The monoisotopic (exact) mass is 351 g/mol. The fraction of sp³-hybridized carbons (Fsp3) is 0.111. The summed E-state index contributed by atoms with van der Waals surface area (Å²) in [6.07, 6.45) is 3.15. The van der Waals surface area contributed by atoms with Crippen molar-refractivity contribution in [2.75, 3.05) is 0 Å². The van der Waals surface area contributed by atoms with E-state index in [1.165, 1.54) is 18.3 Å². The molecule has 0 radical (unpaired) electrons. The van der Waals surface area contributed by atoms with Crippen LogP contribution in [0, 0.1) is 18.3 Å². The van der Waals surface area contributed by atoms with E-state index in [1.54, 1.807) is 42.0 Å². The molecule has 124 valence electrons. The molecular weight excluding hydrogens is 338 g/mol. The summed E-state index contributed by atoms with van der Waals surface area (Å²) >= 11 is 1.23. The number of thiophene rings is 1. The van der Waals surface area contributed by atoms with Gasteiger partial charge in [0.1, 0.15) is 11.6 Å². The van der Waals surface area contributed by atoms with Gasteiger partial charge >= 0.3 is 0 Å². The minimum atomic E-state index is -0.635. The minimum Gasteiger partial charge on any atom is -0.494 e. The number of ketones is 1. The fourth-order valence-corrected chi connectivity index (χ4v) is 3.24.